The first-order valence-corrected chi connectivity index (χ1v) is 10.3. The molecule has 0 saturated carbocycles. The van der Waals surface area contributed by atoms with Crippen LogP contribution < -0.4 is 0 Å². The van der Waals surface area contributed by atoms with Crippen LogP contribution in [0.2, 0.25) is 0 Å². The molecule has 32 heavy (non-hydrogen) atoms. The molecule has 1 fully saturated rings. The molecule has 7 nitrogen and oxygen atoms in total. The number of nitrogens with zero attached hydrogens (tertiary/aromatic N) is 3. The van der Waals surface area contributed by atoms with Crippen LogP contribution in [0, 0.1) is 5.82 Å². The van der Waals surface area contributed by atoms with Gasteiger partial charge in [-0.1, -0.05) is 12.1 Å². The molecule has 0 atom stereocenters. The van der Waals surface area contributed by atoms with E-state index in [9.17, 15) is 19.1 Å². The summed E-state index contributed by atoms with van der Waals surface area (Å²) in [6.07, 6.45) is 2.06. The van der Waals surface area contributed by atoms with Gasteiger partial charge in [-0.05, 0) is 48.9 Å². The second-order valence-corrected chi connectivity index (χ2v) is 7.95. The lowest BCUT2D eigenvalue weighted by molar-refractivity contribution is 0.0597. The molecule has 3 aromatic rings. The molecule has 0 aliphatic carbocycles. The van der Waals surface area contributed by atoms with Gasteiger partial charge >= 0.3 is 5.97 Å². The van der Waals surface area contributed by atoms with Gasteiger partial charge in [0.15, 0.2) is 5.75 Å². The van der Waals surface area contributed by atoms with Crippen molar-refractivity contribution in [1.29, 1.82) is 0 Å². The second kappa shape index (κ2) is 8.92. The van der Waals surface area contributed by atoms with Crippen molar-refractivity contribution < 1.29 is 23.8 Å². The summed E-state index contributed by atoms with van der Waals surface area (Å²) in [5, 5.41) is 11.1. The highest BCUT2D eigenvalue weighted by atomic mass is 19.1. The second-order valence-electron chi connectivity index (χ2n) is 7.95. The Kier molecular flexibility index (Phi) is 6.05. The molecule has 2 heterocycles. The molecule has 2 aromatic carbocycles. The van der Waals surface area contributed by atoms with Crippen LogP contribution in [0.25, 0.3) is 10.9 Å². The van der Waals surface area contributed by atoms with Gasteiger partial charge in [-0.25, -0.2) is 9.18 Å². The van der Waals surface area contributed by atoms with Gasteiger partial charge in [0.05, 0.1) is 12.7 Å². The quantitative estimate of drug-likeness (QED) is 0.632. The molecule has 4 rings (SSSR count). The Morgan fingerprint density at radius 2 is 1.75 bits per heavy atom. The van der Waals surface area contributed by atoms with Crippen LogP contribution in [0.4, 0.5) is 4.39 Å². The van der Waals surface area contributed by atoms with Crippen molar-refractivity contribution >= 4 is 22.8 Å². The fraction of sp³-hybridized carbons (Fsp3) is 0.292. The summed E-state index contributed by atoms with van der Waals surface area (Å²) in [6.45, 7) is 2.63. The Morgan fingerprint density at radius 1 is 1.06 bits per heavy atom. The molecular weight excluding hydrogens is 413 g/mol. The lowest BCUT2D eigenvalue weighted by Gasteiger charge is -2.32. The third-order valence-corrected chi connectivity index (χ3v) is 5.75. The van der Waals surface area contributed by atoms with Gasteiger partial charge in [-0.2, -0.15) is 0 Å². The topological polar surface area (TPSA) is 83.0 Å². The van der Waals surface area contributed by atoms with E-state index in [4.69, 9.17) is 4.74 Å². The van der Waals surface area contributed by atoms with Crippen LogP contribution >= 0.6 is 0 Å². The Morgan fingerprint density at radius 3 is 2.41 bits per heavy atom. The molecule has 1 N–H and O–H groups in total. The fourth-order valence-corrected chi connectivity index (χ4v) is 3.88. The Hall–Kier alpha value is -3.52. The summed E-state index contributed by atoms with van der Waals surface area (Å²) in [6, 6.07) is 9.33. The lowest BCUT2D eigenvalue weighted by Crippen LogP contribution is -2.47. The summed E-state index contributed by atoms with van der Waals surface area (Å²) >= 11 is 0. The number of piperazine rings is 1. The number of amides is 1. The van der Waals surface area contributed by atoms with E-state index in [1.165, 1.54) is 25.3 Å². The van der Waals surface area contributed by atoms with E-state index in [1.807, 2.05) is 7.05 Å². The van der Waals surface area contributed by atoms with Gasteiger partial charge in [0.1, 0.15) is 16.9 Å². The zero-order valence-electron chi connectivity index (χ0n) is 18.0. The highest BCUT2D eigenvalue weighted by molar-refractivity contribution is 6.11. The zero-order chi connectivity index (χ0) is 22.8. The number of likely N-dealkylation sites (N-methyl/N-ethyl adjacent to an activating group) is 1. The number of aromatic nitrogens is 1. The summed E-state index contributed by atoms with van der Waals surface area (Å²) in [4.78, 5) is 33.9. The van der Waals surface area contributed by atoms with Crippen LogP contribution in [-0.2, 0) is 11.2 Å². The van der Waals surface area contributed by atoms with Gasteiger partial charge < -0.3 is 19.6 Å². The number of halogens is 1. The van der Waals surface area contributed by atoms with Crippen molar-refractivity contribution in [3.05, 3.63) is 70.7 Å². The number of methoxy groups -OCH3 is 1. The van der Waals surface area contributed by atoms with E-state index in [-0.39, 0.29) is 34.1 Å². The molecule has 1 aromatic heterocycles. The summed E-state index contributed by atoms with van der Waals surface area (Å²) in [7, 11) is 3.21. The molecular formula is C24H24FN3O4. The van der Waals surface area contributed by atoms with Gasteiger partial charge in [0, 0.05) is 37.8 Å². The van der Waals surface area contributed by atoms with Crippen LogP contribution in [0.15, 0.2) is 42.6 Å². The molecule has 1 aliphatic heterocycles. The number of hydrogen-bond donors (Lipinski definition) is 1. The summed E-state index contributed by atoms with van der Waals surface area (Å²) in [5.41, 5.74) is 2.03. The SMILES string of the molecule is COC(=O)c1cc(C(=O)N2CCN(C)CC2)c2cc(Cc3ccc(F)cc3)cnc2c1O. The number of benzene rings is 2. The molecule has 166 valence electrons. The molecule has 1 amide bonds. The van der Waals surface area contributed by atoms with Gasteiger partial charge in [0.2, 0.25) is 0 Å². The fourth-order valence-electron chi connectivity index (χ4n) is 3.88. The summed E-state index contributed by atoms with van der Waals surface area (Å²) in [5.74, 6) is -1.61. The highest BCUT2D eigenvalue weighted by Gasteiger charge is 2.26. The third-order valence-electron chi connectivity index (χ3n) is 5.75. The first-order valence-electron chi connectivity index (χ1n) is 10.3. The zero-order valence-corrected chi connectivity index (χ0v) is 18.0. The molecule has 0 radical (unpaired) electrons. The number of hydrogen-bond acceptors (Lipinski definition) is 6. The minimum absolute atomic E-state index is 0.101. The Balaban J connectivity index is 1.80. The van der Waals surface area contributed by atoms with Crippen molar-refractivity contribution in [2.45, 2.75) is 6.42 Å². The maximum absolute atomic E-state index is 13.4. The average Bonchev–Trinajstić information content (AvgIpc) is 2.80. The molecule has 0 spiro atoms. The molecule has 0 bridgehead atoms. The van der Waals surface area contributed by atoms with E-state index >= 15 is 0 Å². The predicted octanol–water partition coefficient (Wildman–Crippen LogP) is 2.84. The van der Waals surface area contributed by atoms with E-state index in [0.717, 1.165) is 24.2 Å². The van der Waals surface area contributed by atoms with Crippen molar-refractivity contribution in [3.63, 3.8) is 0 Å². The summed E-state index contributed by atoms with van der Waals surface area (Å²) < 4.78 is 18.0. The van der Waals surface area contributed by atoms with Gasteiger partial charge in [-0.3, -0.25) is 9.78 Å². The number of pyridine rings is 1. The normalized spacial score (nSPS) is 14.5. The number of esters is 1. The van der Waals surface area contributed by atoms with Crippen molar-refractivity contribution in [2.75, 3.05) is 40.3 Å². The number of carbonyl (C=O) groups is 2. The number of phenolic OH excluding ortho intramolecular Hbond substituents is 1. The highest BCUT2D eigenvalue weighted by Crippen LogP contribution is 2.32. The predicted molar refractivity (Wildman–Crippen MR) is 117 cm³/mol. The van der Waals surface area contributed by atoms with Crippen LogP contribution in [0.5, 0.6) is 5.75 Å². The monoisotopic (exact) mass is 437 g/mol. The van der Waals surface area contributed by atoms with Crippen molar-refractivity contribution in [3.8, 4) is 5.75 Å². The Bertz CT molecular complexity index is 1170. The minimum Gasteiger partial charge on any atom is -0.505 e. The molecule has 0 unspecified atom stereocenters. The largest absolute Gasteiger partial charge is 0.505 e. The van der Waals surface area contributed by atoms with Crippen molar-refractivity contribution in [1.82, 2.24) is 14.8 Å². The van der Waals surface area contributed by atoms with E-state index < -0.39 is 5.97 Å². The number of phenols is 1. The van der Waals surface area contributed by atoms with Crippen LogP contribution in [0.1, 0.15) is 31.8 Å². The lowest BCUT2D eigenvalue weighted by atomic mass is 9.98. The Labute approximate surface area is 185 Å². The first-order chi connectivity index (χ1) is 15.4. The number of carbonyl (C=O) groups excluding carboxylic acids is 2. The number of ether oxygens (including phenoxy) is 1. The standard InChI is InChI=1S/C24H24FN3O4/c1-27-7-9-28(10-8-27)23(30)19-13-20(24(31)32-2)22(29)21-18(19)12-16(14-26-21)11-15-3-5-17(25)6-4-15/h3-6,12-14,29H,7-11H2,1-2H3. The molecule has 1 aliphatic rings. The number of rotatable bonds is 4. The molecule has 8 heteroatoms. The van der Waals surface area contributed by atoms with Crippen molar-refractivity contribution in [2.24, 2.45) is 0 Å². The number of aromatic hydroxyl groups is 1. The number of fused-ring (bicyclic) bond motifs is 1. The van der Waals surface area contributed by atoms with E-state index in [1.54, 1.807) is 29.3 Å². The maximum atomic E-state index is 13.4. The average molecular weight is 437 g/mol. The van der Waals surface area contributed by atoms with E-state index in [2.05, 4.69) is 9.88 Å². The smallest absolute Gasteiger partial charge is 0.341 e. The molecule has 1 saturated heterocycles. The van der Waals surface area contributed by atoms with E-state index in [0.29, 0.717) is 24.9 Å². The van der Waals surface area contributed by atoms with Crippen LogP contribution in [0.3, 0.4) is 0 Å². The van der Waals surface area contributed by atoms with Crippen LogP contribution in [-0.4, -0.2) is 72.1 Å². The first kappa shape index (κ1) is 21.7. The maximum Gasteiger partial charge on any atom is 0.341 e. The minimum atomic E-state index is -0.742. The third kappa shape index (κ3) is 4.27. The van der Waals surface area contributed by atoms with Gasteiger partial charge in [0.25, 0.3) is 5.91 Å². The van der Waals surface area contributed by atoms with Gasteiger partial charge in [-0.15, -0.1) is 0 Å².